The van der Waals surface area contributed by atoms with Gasteiger partial charge in [-0.2, -0.15) is 0 Å². The van der Waals surface area contributed by atoms with Crippen molar-refractivity contribution < 1.29 is 4.74 Å². The number of hydrogen-bond acceptors (Lipinski definition) is 4. The zero-order chi connectivity index (χ0) is 16.5. The third kappa shape index (κ3) is 2.63. The molecule has 0 N–H and O–H groups in total. The number of para-hydroxylation sites is 1. The van der Waals surface area contributed by atoms with E-state index >= 15 is 0 Å². The number of pyridine rings is 2. The van der Waals surface area contributed by atoms with Crippen molar-refractivity contribution >= 4 is 32.7 Å². The summed E-state index contributed by atoms with van der Waals surface area (Å²) >= 11 is 3.48. The van der Waals surface area contributed by atoms with E-state index < -0.39 is 0 Å². The number of halogens is 1. The van der Waals surface area contributed by atoms with Gasteiger partial charge in [0.1, 0.15) is 11.3 Å². The molecule has 0 bridgehead atoms. The molecular formula is C19H18BrN3O. The van der Waals surface area contributed by atoms with Crippen LogP contribution in [0.2, 0.25) is 0 Å². The summed E-state index contributed by atoms with van der Waals surface area (Å²) in [6.45, 7) is 1.01. The van der Waals surface area contributed by atoms with Gasteiger partial charge in [0.15, 0.2) is 0 Å². The van der Waals surface area contributed by atoms with Gasteiger partial charge in [0, 0.05) is 29.0 Å². The van der Waals surface area contributed by atoms with Crippen LogP contribution in [0.15, 0.2) is 53.3 Å². The van der Waals surface area contributed by atoms with Crippen LogP contribution in [0.5, 0.6) is 5.75 Å². The maximum Gasteiger partial charge on any atom is 0.124 e. The number of methoxy groups -OCH3 is 1. The van der Waals surface area contributed by atoms with Crippen LogP contribution in [0, 0.1) is 0 Å². The first-order valence-corrected chi connectivity index (χ1v) is 8.87. The first kappa shape index (κ1) is 15.4. The van der Waals surface area contributed by atoms with Crippen molar-refractivity contribution in [1.82, 2.24) is 9.97 Å². The summed E-state index contributed by atoms with van der Waals surface area (Å²) in [5, 5.41) is 0. The lowest BCUT2D eigenvalue weighted by atomic mass is 10.0. The Balaban J connectivity index is 1.81. The normalized spacial score (nSPS) is 17.4. The van der Waals surface area contributed by atoms with E-state index in [0.717, 1.165) is 46.3 Å². The molecule has 1 fully saturated rings. The molecule has 1 saturated heterocycles. The average Bonchev–Trinajstić information content (AvgIpc) is 3.10. The molecular weight excluding hydrogens is 366 g/mol. The maximum atomic E-state index is 5.58. The van der Waals surface area contributed by atoms with Crippen molar-refractivity contribution in [2.75, 3.05) is 18.6 Å². The minimum Gasteiger partial charge on any atom is -0.496 e. The molecule has 1 aromatic carbocycles. The summed E-state index contributed by atoms with van der Waals surface area (Å²) in [5.74, 6) is 0.948. The number of aromatic nitrogens is 2. The third-order valence-corrected chi connectivity index (χ3v) is 5.02. The van der Waals surface area contributed by atoms with Gasteiger partial charge >= 0.3 is 0 Å². The molecule has 24 heavy (non-hydrogen) atoms. The lowest BCUT2D eigenvalue weighted by molar-refractivity contribution is 0.405. The molecule has 0 radical (unpaired) electrons. The summed E-state index contributed by atoms with van der Waals surface area (Å²) in [7, 11) is 1.74. The molecule has 1 atom stereocenters. The zero-order valence-electron chi connectivity index (χ0n) is 13.4. The van der Waals surface area contributed by atoms with E-state index in [1.165, 1.54) is 5.56 Å². The molecule has 1 aliphatic heterocycles. The molecule has 5 heteroatoms. The van der Waals surface area contributed by atoms with Gasteiger partial charge < -0.3 is 9.64 Å². The number of nitrogens with zero attached hydrogens (tertiary/aromatic N) is 3. The molecule has 1 aliphatic rings. The van der Waals surface area contributed by atoms with E-state index in [-0.39, 0.29) is 0 Å². The summed E-state index contributed by atoms with van der Waals surface area (Å²) < 4.78 is 6.53. The number of fused-ring (bicyclic) bond motifs is 1. The molecule has 3 heterocycles. The summed E-state index contributed by atoms with van der Waals surface area (Å²) in [4.78, 5) is 11.5. The van der Waals surface area contributed by atoms with Gasteiger partial charge in [0.2, 0.25) is 0 Å². The van der Waals surface area contributed by atoms with Gasteiger partial charge in [-0.15, -0.1) is 0 Å². The SMILES string of the molecule is COc1ccccc1C1CCCN1c1ccnc2cc(Br)cnc12. The van der Waals surface area contributed by atoms with Gasteiger partial charge in [0.05, 0.1) is 24.4 Å². The Morgan fingerprint density at radius 1 is 1.21 bits per heavy atom. The quantitative estimate of drug-likeness (QED) is 0.654. The Hall–Kier alpha value is -2.14. The van der Waals surface area contributed by atoms with Crippen LogP contribution in [-0.4, -0.2) is 23.6 Å². The first-order chi connectivity index (χ1) is 11.8. The minimum atomic E-state index is 0.303. The molecule has 0 saturated carbocycles. The molecule has 2 aromatic heterocycles. The fourth-order valence-electron chi connectivity index (χ4n) is 3.54. The number of ether oxygens (including phenoxy) is 1. The van der Waals surface area contributed by atoms with Crippen molar-refractivity contribution in [1.29, 1.82) is 0 Å². The Kier molecular flexibility index (Phi) is 4.10. The van der Waals surface area contributed by atoms with Gasteiger partial charge in [0.25, 0.3) is 0 Å². The Bertz CT molecular complexity index is 883. The minimum absolute atomic E-state index is 0.303. The average molecular weight is 384 g/mol. The number of rotatable bonds is 3. The van der Waals surface area contributed by atoms with Crippen LogP contribution in [0.4, 0.5) is 5.69 Å². The Morgan fingerprint density at radius 3 is 2.96 bits per heavy atom. The molecule has 0 amide bonds. The maximum absolute atomic E-state index is 5.58. The predicted molar refractivity (Wildman–Crippen MR) is 99.6 cm³/mol. The summed E-state index contributed by atoms with van der Waals surface area (Å²) in [6.07, 6.45) is 5.97. The topological polar surface area (TPSA) is 38.2 Å². The highest BCUT2D eigenvalue weighted by molar-refractivity contribution is 9.10. The van der Waals surface area contributed by atoms with Crippen molar-refractivity contribution in [3.05, 3.63) is 58.8 Å². The Morgan fingerprint density at radius 2 is 2.08 bits per heavy atom. The Labute approximate surface area is 149 Å². The predicted octanol–water partition coefficient (Wildman–Crippen LogP) is 4.74. The largest absolute Gasteiger partial charge is 0.496 e. The van der Waals surface area contributed by atoms with Gasteiger partial charge in [-0.25, -0.2) is 0 Å². The lowest BCUT2D eigenvalue weighted by Gasteiger charge is -2.28. The summed E-state index contributed by atoms with van der Waals surface area (Å²) in [6, 6.07) is 12.7. The fraction of sp³-hybridized carbons (Fsp3) is 0.263. The molecule has 0 spiro atoms. The molecule has 4 rings (SSSR count). The second-order valence-corrected chi connectivity index (χ2v) is 6.86. The second-order valence-electron chi connectivity index (χ2n) is 5.94. The monoisotopic (exact) mass is 383 g/mol. The molecule has 0 aliphatic carbocycles. The highest BCUT2D eigenvalue weighted by Crippen LogP contribution is 2.41. The smallest absolute Gasteiger partial charge is 0.124 e. The number of anilines is 1. The highest BCUT2D eigenvalue weighted by Gasteiger charge is 2.29. The van der Waals surface area contributed by atoms with Crippen LogP contribution in [0.25, 0.3) is 11.0 Å². The van der Waals surface area contributed by atoms with Crippen molar-refractivity contribution in [3.8, 4) is 5.75 Å². The van der Waals surface area contributed by atoms with Gasteiger partial charge in [-0.05, 0) is 47.0 Å². The summed E-state index contributed by atoms with van der Waals surface area (Å²) in [5.41, 5.74) is 4.23. The van der Waals surface area contributed by atoms with E-state index in [4.69, 9.17) is 4.74 Å². The van der Waals surface area contributed by atoms with Crippen LogP contribution >= 0.6 is 15.9 Å². The van der Waals surface area contributed by atoms with E-state index in [9.17, 15) is 0 Å². The van der Waals surface area contributed by atoms with E-state index in [0.29, 0.717) is 6.04 Å². The molecule has 1 unspecified atom stereocenters. The van der Waals surface area contributed by atoms with Crippen LogP contribution in [0.1, 0.15) is 24.4 Å². The van der Waals surface area contributed by atoms with E-state index in [1.807, 2.05) is 30.6 Å². The fourth-order valence-corrected chi connectivity index (χ4v) is 3.86. The number of benzene rings is 1. The second kappa shape index (κ2) is 6.40. The van der Waals surface area contributed by atoms with Crippen molar-refractivity contribution in [2.24, 2.45) is 0 Å². The van der Waals surface area contributed by atoms with Gasteiger partial charge in [-0.1, -0.05) is 18.2 Å². The van der Waals surface area contributed by atoms with E-state index in [1.54, 1.807) is 7.11 Å². The molecule has 122 valence electrons. The lowest BCUT2D eigenvalue weighted by Crippen LogP contribution is -2.23. The highest BCUT2D eigenvalue weighted by atomic mass is 79.9. The standard InChI is InChI=1S/C19H18BrN3O/c1-24-18-7-3-2-5-14(18)16-6-4-10-23(16)17-8-9-21-15-11-13(20)12-22-19(15)17/h2-3,5,7-9,11-12,16H,4,6,10H2,1H3. The zero-order valence-corrected chi connectivity index (χ0v) is 15.0. The van der Waals surface area contributed by atoms with Crippen molar-refractivity contribution in [3.63, 3.8) is 0 Å². The first-order valence-electron chi connectivity index (χ1n) is 8.08. The molecule has 3 aromatic rings. The number of hydrogen-bond donors (Lipinski definition) is 0. The van der Waals surface area contributed by atoms with Crippen LogP contribution < -0.4 is 9.64 Å². The van der Waals surface area contributed by atoms with E-state index in [2.05, 4.69) is 49.0 Å². The third-order valence-electron chi connectivity index (χ3n) is 4.58. The van der Waals surface area contributed by atoms with Crippen molar-refractivity contribution in [2.45, 2.75) is 18.9 Å². The van der Waals surface area contributed by atoms with Crippen LogP contribution in [0.3, 0.4) is 0 Å². The molecule has 4 nitrogen and oxygen atoms in total. The van der Waals surface area contributed by atoms with Crippen LogP contribution in [-0.2, 0) is 0 Å². The van der Waals surface area contributed by atoms with Gasteiger partial charge in [-0.3, -0.25) is 9.97 Å².